The van der Waals surface area contributed by atoms with Gasteiger partial charge in [-0.05, 0) is 61.6 Å². The van der Waals surface area contributed by atoms with Gasteiger partial charge in [0, 0.05) is 17.5 Å². The van der Waals surface area contributed by atoms with Gasteiger partial charge in [-0.2, -0.15) is 4.98 Å². The smallest absolute Gasteiger partial charge is 0.259 e. The Kier molecular flexibility index (Phi) is 7.18. The molecule has 2 N–H and O–H groups in total. The molecule has 0 spiro atoms. The molecule has 7 heteroatoms. The monoisotopic (exact) mass is 411 g/mol. The fraction of sp³-hybridized carbons (Fsp3) is 0.435. The molecule has 0 unspecified atom stereocenters. The molecule has 0 saturated carbocycles. The van der Waals surface area contributed by atoms with E-state index in [-0.39, 0.29) is 13.2 Å². The van der Waals surface area contributed by atoms with Crippen molar-refractivity contribution in [3.8, 4) is 28.6 Å². The highest BCUT2D eigenvalue weighted by molar-refractivity contribution is 5.64. The van der Waals surface area contributed by atoms with Crippen molar-refractivity contribution < 1.29 is 19.5 Å². The van der Waals surface area contributed by atoms with Crippen LogP contribution >= 0.6 is 0 Å². The van der Waals surface area contributed by atoms with Crippen molar-refractivity contribution in [1.82, 2.24) is 15.1 Å². The average molecular weight is 412 g/mol. The Labute approximate surface area is 176 Å². The van der Waals surface area contributed by atoms with Gasteiger partial charge in [-0.1, -0.05) is 25.4 Å². The van der Waals surface area contributed by atoms with Crippen LogP contribution in [0.3, 0.4) is 0 Å². The minimum atomic E-state index is -0.908. The number of benzene rings is 1. The van der Waals surface area contributed by atoms with Gasteiger partial charge in [0.1, 0.15) is 18.5 Å². The van der Waals surface area contributed by atoms with Gasteiger partial charge in [-0.15, -0.1) is 0 Å². The summed E-state index contributed by atoms with van der Waals surface area (Å²) in [7, 11) is 0. The first-order chi connectivity index (χ1) is 14.5. The lowest BCUT2D eigenvalue weighted by molar-refractivity contribution is 0.0531. The first-order valence-corrected chi connectivity index (χ1v) is 10.3. The van der Waals surface area contributed by atoms with Gasteiger partial charge in [0.05, 0.1) is 12.2 Å². The highest BCUT2D eigenvalue weighted by Crippen LogP contribution is 2.31. The van der Waals surface area contributed by atoms with Crippen LogP contribution in [0.2, 0.25) is 0 Å². The Bertz CT molecular complexity index is 1000. The molecule has 0 fully saturated rings. The molecule has 2 heterocycles. The van der Waals surface area contributed by atoms with E-state index in [2.05, 4.69) is 22.0 Å². The summed E-state index contributed by atoms with van der Waals surface area (Å²) in [5, 5.41) is 22.7. The van der Waals surface area contributed by atoms with E-state index in [1.807, 2.05) is 39.0 Å². The quantitative estimate of drug-likeness (QED) is 0.554. The highest BCUT2D eigenvalue weighted by Gasteiger charge is 2.16. The zero-order chi connectivity index (χ0) is 21.7. The molecule has 0 aliphatic carbocycles. The second-order valence-electron chi connectivity index (χ2n) is 7.44. The second-order valence-corrected chi connectivity index (χ2v) is 7.44. The minimum absolute atomic E-state index is 0.0381. The Morgan fingerprint density at radius 3 is 2.53 bits per heavy atom. The number of hydrogen-bond donors (Lipinski definition) is 2. The molecule has 7 nitrogen and oxygen atoms in total. The Balaban J connectivity index is 1.88. The lowest BCUT2D eigenvalue weighted by atomic mass is 10.0. The molecule has 0 amide bonds. The van der Waals surface area contributed by atoms with Gasteiger partial charge in [0.25, 0.3) is 5.89 Å². The SMILES string of the molecule is CCCc1ncc(-c2nc(-c3cc(C)c(OC[C@@H](O)CO)c(CC)c3)no2)cc1C. The fourth-order valence-corrected chi connectivity index (χ4v) is 3.35. The number of nitrogens with zero attached hydrogens (tertiary/aromatic N) is 3. The molecule has 3 rings (SSSR count). The molecule has 2 aromatic heterocycles. The van der Waals surface area contributed by atoms with Gasteiger partial charge in [0.2, 0.25) is 5.82 Å². The summed E-state index contributed by atoms with van der Waals surface area (Å²) in [5.74, 6) is 1.65. The van der Waals surface area contributed by atoms with E-state index >= 15 is 0 Å². The van der Waals surface area contributed by atoms with Crippen molar-refractivity contribution in [3.05, 3.63) is 46.8 Å². The Morgan fingerprint density at radius 2 is 1.87 bits per heavy atom. The van der Waals surface area contributed by atoms with Crippen molar-refractivity contribution in [2.45, 2.75) is 53.1 Å². The van der Waals surface area contributed by atoms with Crippen molar-refractivity contribution in [3.63, 3.8) is 0 Å². The number of pyridine rings is 1. The molecule has 0 aliphatic heterocycles. The molecule has 1 aromatic carbocycles. The maximum absolute atomic E-state index is 9.57. The van der Waals surface area contributed by atoms with Crippen LogP contribution in [0.4, 0.5) is 0 Å². The van der Waals surface area contributed by atoms with E-state index in [1.54, 1.807) is 6.20 Å². The third-order valence-electron chi connectivity index (χ3n) is 4.97. The van der Waals surface area contributed by atoms with Gasteiger partial charge in [-0.3, -0.25) is 4.98 Å². The van der Waals surface area contributed by atoms with Crippen LogP contribution in [-0.2, 0) is 12.8 Å². The predicted molar refractivity (Wildman–Crippen MR) is 114 cm³/mol. The Hall–Kier alpha value is -2.77. The van der Waals surface area contributed by atoms with Crippen LogP contribution in [0.5, 0.6) is 5.75 Å². The van der Waals surface area contributed by atoms with Crippen LogP contribution in [0.1, 0.15) is 42.7 Å². The van der Waals surface area contributed by atoms with Crippen LogP contribution in [0, 0.1) is 13.8 Å². The standard InChI is InChI=1S/C23H29N3O4/c1-5-7-20-14(3)8-18(11-24-20)23-25-22(26-30-23)17-9-15(4)21(16(6-2)10-17)29-13-19(28)12-27/h8-11,19,27-28H,5-7,12-13H2,1-4H3/t19-/m0/s1. The number of hydrogen-bond acceptors (Lipinski definition) is 7. The lowest BCUT2D eigenvalue weighted by Gasteiger charge is -2.16. The molecule has 1 atom stereocenters. The minimum Gasteiger partial charge on any atom is -0.490 e. The topological polar surface area (TPSA) is 102 Å². The maximum Gasteiger partial charge on any atom is 0.259 e. The van der Waals surface area contributed by atoms with Gasteiger partial charge < -0.3 is 19.5 Å². The normalized spacial score (nSPS) is 12.2. The summed E-state index contributed by atoms with van der Waals surface area (Å²) < 4.78 is 11.2. The molecular formula is C23H29N3O4. The number of rotatable bonds is 9. The molecule has 0 aliphatic rings. The van der Waals surface area contributed by atoms with Crippen LogP contribution < -0.4 is 4.74 Å². The van der Waals surface area contributed by atoms with Crippen molar-refractivity contribution in [1.29, 1.82) is 0 Å². The molecule has 3 aromatic rings. The lowest BCUT2D eigenvalue weighted by Crippen LogP contribution is -2.22. The molecule has 30 heavy (non-hydrogen) atoms. The summed E-state index contributed by atoms with van der Waals surface area (Å²) in [4.78, 5) is 9.11. The predicted octanol–water partition coefficient (Wildman–Crippen LogP) is 3.66. The summed E-state index contributed by atoms with van der Waals surface area (Å²) in [6.07, 6.45) is 3.61. The molecule has 0 radical (unpaired) electrons. The van der Waals surface area contributed by atoms with Crippen LogP contribution in [-0.4, -0.2) is 44.7 Å². The maximum atomic E-state index is 9.57. The van der Waals surface area contributed by atoms with Gasteiger partial charge in [-0.25, -0.2) is 0 Å². The van der Waals surface area contributed by atoms with E-state index in [0.717, 1.165) is 52.8 Å². The van der Waals surface area contributed by atoms with E-state index in [0.29, 0.717) is 17.5 Å². The van der Waals surface area contributed by atoms with E-state index in [4.69, 9.17) is 14.4 Å². The first kappa shape index (κ1) is 21.9. The largest absolute Gasteiger partial charge is 0.490 e. The van der Waals surface area contributed by atoms with Gasteiger partial charge >= 0.3 is 0 Å². The average Bonchev–Trinajstić information content (AvgIpc) is 3.24. The van der Waals surface area contributed by atoms with Crippen LogP contribution in [0.25, 0.3) is 22.8 Å². The molecule has 0 saturated heterocycles. The molecule has 160 valence electrons. The number of aliphatic hydroxyl groups is 2. The second kappa shape index (κ2) is 9.82. The third kappa shape index (κ3) is 4.86. The zero-order valence-electron chi connectivity index (χ0n) is 18.0. The van der Waals surface area contributed by atoms with Crippen molar-refractivity contribution >= 4 is 0 Å². The van der Waals surface area contributed by atoms with Crippen molar-refractivity contribution in [2.24, 2.45) is 0 Å². The van der Waals surface area contributed by atoms with Crippen LogP contribution in [0.15, 0.2) is 28.9 Å². The fourth-order valence-electron chi connectivity index (χ4n) is 3.35. The van der Waals surface area contributed by atoms with E-state index < -0.39 is 6.10 Å². The zero-order valence-corrected chi connectivity index (χ0v) is 18.0. The summed E-state index contributed by atoms with van der Waals surface area (Å²) in [6.45, 7) is 7.85. The number of aryl methyl sites for hydroxylation is 4. The summed E-state index contributed by atoms with van der Waals surface area (Å²) in [6, 6.07) is 5.93. The number of ether oxygens (including phenoxy) is 1. The number of aliphatic hydroxyl groups excluding tert-OH is 2. The third-order valence-corrected chi connectivity index (χ3v) is 4.97. The highest BCUT2D eigenvalue weighted by atomic mass is 16.5. The van der Waals surface area contributed by atoms with Crippen molar-refractivity contribution in [2.75, 3.05) is 13.2 Å². The molecule has 0 bridgehead atoms. The van der Waals surface area contributed by atoms with E-state index in [1.165, 1.54) is 0 Å². The molecular weight excluding hydrogens is 382 g/mol. The summed E-state index contributed by atoms with van der Waals surface area (Å²) in [5.41, 5.74) is 5.72. The van der Waals surface area contributed by atoms with Gasteiger partial charge in [0.15, 0.2) is 0 Å². The number of aromatic nitrogens is 3. The first-order valence-electron chi connectivity index (χ1n) is 10.3. The summed E-state index contributed by atoms with van der Waals surface area (Å²) >= 11 is 0. The van der Waals surface area contributed by atoms with E-state index in [9.17, 15) is 5.11 Å². The Morgan fingerprint density at radius 1 is 1.10 bits per heavy atom.